The summed E-state index contributed by atoms with van der Waals surface area (Å²) in [5.74, 6) is 0.931. The lowest BCUT2D eigenvalue weighted by Crippen LogP contribution is -2.02. The van der Waals surface area contributed by atoms with E-state index in [2.05, 4.69) is 15.9 Å². The van der Waals surface area contributed by atoms with Gasteiger partial charge in [-0.2, -0.15) is 0 Å². The highest BCUT2D eigenvalue weighted by Gasteiger charge is 2.15. The van der Waals surface area contributed by atoms with Gasteiger partial charge in [-0.1, -0.05) is 15.9 Å². The minimum absolute atomic E-state index is 0.0541. The summed E-state index contributed by atoms with van der Waals surface area (Å²) in [5, 5.41) is 0. The van der Waals surface area contributed by atoms with E-state index in [0.29, 0.717) is 23.2 Å². The molecule has 19 heavy (non-hydrogen) atoms. The van der Waals surface area contributed by atoms with Gasteiger partial charge in [0.25, 0.3) is 0 Å². The zero-order chi connectivity index (χ0) is 13.8. The summed E-state index contributed by atoms with van der Waals surface area (Å²) in [4.78, 5) is 22.7. The number of benzene rings is 1. The first-order valence-electron chi connectivity index (χ1n) is 5.60. The lowest BCUT2D eigenvalue weighted by molar-refractivity contribution is 0.0989. The number of aldehydes is 1. The van der Waals surface area contributed by atoms with Gasteiger partial charge in [0, 0.05) is 27.9 Å². The van der Waals surface area contributed by atoms with Gasteiger partial charge < -0.3 is 4.42 Å². The Morgan fingerprint density at radius 2 is 2.11 bits per heavy atom. The fourth-order valence-corrected chi connectivity index (χ4v) is 2.28. The van der Waals surface area contributed by atoms with Gasteiger partial charge in [-0.15, -0.1) is 11.6 Å². The molecule has 0 N–H and O–H groups in total. The van der Waals surface area contributed by atoms with Crippen molar-refractivity contribution in [3.05, 3.63) is 46.1 Å². The van der Waals surface area contributed by atoms with Crippen molar-refractivity contribution in [1.82, 2.24) is 0 Å². The molecule has 0 aliphatic heterocycles. The zero-order valence-corrected chi connectivity index (χ0v) is 12.2. The quantitative estimate of drug-likeness (QED) is 0.462. The van der Waals surface area contributed by atoms with Crippen LogP contribution in [-0.2, 0) is 0 Å². The lowest BCUT2D eigenvalue weighted by atomic mass is 10.0. The summed E-state index contributed by atoms with van der Waals surface area (Å²) >= 11 is 8.96. The molecular weight excluding hydrogens is 332 g/mol. The van der Waals surface area contributed by atoms with Crippen molar-refractivity contribution in [2.75, 3.05) is 5.88 Å². The second-order valence-electron chi connectivity index (χ2n) is 3.87. The van der Waals surface area contributed by atoms with Crippen LogP contribution in [0.15, 0.2) is 39.2 Å². The number of hydrogen-bond acceptors (Lipinski definition) is 3. The van der Waals surface area contributed by atoms with Crippen LogP contribution in [0.2, 0.25) is 0 Å². The molecule has 0 saturated carbocycles. The van der Waals surface area contributed by atoms with E-state index in [1.54, 1.807) is 30.3 Å². The van der Waals surface area contributed by atoms with Crippen LogP contribution in [0.4, 0.5) is 0 Å². The van der Waals surface area contributed by atoms with Crippen LogP contribution >= 0.6 is 27.5 Å². The van der Waals surface area contributed by atoms with Gasteiger partial charge in [-0.05, 0) is 30.3 Å². The Kier molecular flexibility index (Phi) is 4.56. The number of alkyl halides is 1. The fraction of sp³-hybridized carbons (Fsp3) is 0.143. The van der Waals surface area contributed by atoms with E-state index in [1.165, 1.54) is 0 Å². The smallest absolute Gasteiger partial charge is 0.185 e. The molecule has 98 valence electrons. The van der Waals surface area contributed by atoms with E-state index in [1.807, 2.05) is 0 Å². The van der Waals surface area contributed by atoms with Crippen molar-refractivity contribution in [3.8, 4) is 11.3 Å². The largest absolute Gasteiger partial charge is 0.453 e. The molecule has 2 rings (SSSR count). The first-order valence-corrected chi connectivity index (χ1v) is 6.92. The molecule has 0 bridgehead atoms. The second kappa shape index (κ2) is 6.17. The van der Waals surface area contributed by atoms with E-state index in [0.717, 1.165) is 4.47 Å². The average molecular weight is 342 g/mol. The van der Waals surface area contributed by atoms with Gasteiger partial charge >= 0.3 is 0 Å². The summed E-state index contributed by atoms with van der Waals surface area (Å²) in [5.41, 5.74) is 1.19. The maximum absolute atomic E-state index is 12.0. The molecule has 0 unspecified atom stereocenters. The predicted octanol–water partition coefficient (Wildman–Crippen LogP) is 4.33. The topological polar surface area (TPSA) is 47.3 Å². The van der Waals surface area contributed by atoms with E-state index in [4.69, 9.17) is 16.0 Å². The Labute approximate surface area is 123 Å². The third-order valence-electron chi connectivity index (χ3n) is 2.61. The molecule has 0 amide bonds. The van der Waals surface area contributed by atoms with E-state index >= 15 is 0 Å². The monoisotopic (exact) mass is 340 g/mol. The number of carbonyl (C=O) groups is 2. The van der Waals surface area contributed by atoms with Crippen molar-refractivity contribution in [2.24, 2.45) is 0 Å². The third-order valence-corrected chi connectivity index (χ3v) is 3.29. The Morgan fingerprint density at radius 1 is 1.32 bits per heavy atom. The van der Waals surface area contributed by atoms with Gasteiger partial charge in [0.2, 0.25) is 0 Å². The number of rotatable bonds is 5. The molecule has 2 aromatic rings. The maximum Gasteiger partial charge on any atom is 0.185 e. The Morgan fingerprint density at radius 3 is 2.74 bits per heavy atom. The highest BCUT2D eigenvalue weighted by molar-refractivity contribution is 9.10. The molecule has 1 aromatic heterocycles. The zero-order valence-electron chi connectivity index (χ0n) is 9.86. The minimum atomic E-state index is -0.0541. The van der Waals surface area contributed by atoms with Crippen molar-refractivity contribution in [3.63, 3.8) is 0 Å². The number of carbonyl (C=O) groups excluding carboxylic acids is 2. The first-order chi connectivity index (χ1) is 9.15. The normalized spacial score (nSPS) is 10.4. The predicted molar refractivity (Wildman–Crippen MR) is 76.9 cm³/mol. The molecule has 0 saturated heterocycles. The van der Waals surface area contributed by atoms with Crippen LogP contribution in [0.3, 0.4) is 0 Å². The van der Waals surface area contributed by atoms with Crippen LogP contribution < -0.4 is 0 Å². The molecular formula is C14H10BrClO3. The van der Waals surface area contributed by atoms with Crippen molar-refractivity contribution in [2.45, 2.75) is 6.42 Å². The molecule has 1 heterocycles. The first kappa shape index (κ1) is 14.0. The standard InChI is InChI=1S/C14H10BrClO3/c15-9-1-3-11(13(18)5-6-16)12(7-9)14-4-2-10(8-17)19-14/h1-4,7-8H,5-6H2. The summed E-state index contributed by atoms with van der Waals surface area (Å²) in [6, 6.07) is 8.53. The molecule has 3 nitrogen and oxygen atoms in total. The Bertz CT molecular complexity index is 619. The number of hydrogen-bond donors (Lipinski definition) is 0. The molecule has 0 fully saturated rings. The van der Waals surface area contributed by atoms with Crippen LogP contribution in [-0.4, -0.2) is 17.9 Å². The molecule has 1 aromatic carbocycles. The highest BCUT2D eigenvalue weighted by Crippen LogP contribution is 2.29. The van der Waals surface area contributed by atoms with Gasteiger partial charge in [-0.3, -0.25) is 9.59 Å². The fourth-order valence-electron chi connectivity index (χ4n) is 1.74. The van der Waals surface area contributed by atoms with Crippen LogP contribution in [0, 0.1) is 0 Å². The van der Waals surface area contributed by atoms with Crippen molar-refractivity contribution < 1.29 is 14.0 Å². The lowest BCUT2D eigenvalue weighted by Gasteiger charge is -2.06. The number of halogens is 2. The summed E-state index contributed by atoms with van der Waals surface area (Å²) in [6.07, 6.45) is 0.888. The molecule has 5 heteroatoms. The van der Waals surface area contributed by atoms with Gasteiger partial charge in [-0.25, -0.2) is 0 Å². The van der Waals surface area contributed by atoms with Gasteiger partial charge in [0.05, 0.1) is 0 Å². The maximum atomic E-state index is 12.0. The average Bonchev–Trinajstić information content (AvgIpc) is 2.87. The SMILES string of the molecule is O=Cc1ccc(-c2cc(Br)ccc2C(=O)CCCl)o1. The molecule has 0 atom stereocenters. The van der Waals surface area contributed by atoms with Crippen LogP contribution in [0.5, 0.6) is 0 Å². The summed E-state index contributed by atoms with van der Waals surface area (Å²) < 4.78 is 6.20. The number of Topliss-reactive ketones (excluding diaryl/α,β-unsaturated/α-hetero) is 1. The third kappa shape index (κ3) is 3.14. The number of ketones is 1. The van der Waals surface area contributed by atoms with E-state index in [-0.39, 0.29) is 23.8 Å². The molecule has 0 aliphatic rings. The Balaban J connectivity index is 2.50. The molecule has 0 spiro atoms. The Hall–Kier alpha value is -1.39. The second-order valence-corrected chi connectivity index (χ2v) is 5.17. The highest BCUT2D eigenvalue weighted by atomic mass is 79.9. The molecule has 0 radical (unpaired) electrons. The minimum Gasteiger partial charge on any atom is -0.453 e. The summed E-state index contributed by atoms with van der Waals surface area (Å²) in [7, 11) is 0. The van der Waals surface area contributed by atoms with E-state index in [9.17, 15) is 9.59 Å². The van der Waals surface area contributed by atoms with Gasteiger partial charge in [0.1, 0.15) is 5.76 Å². The molecule has 0 aliphatic carbocycles. The van der Waals surface area contributed by atoms with Crippen LogP contribution in [0.1, 0.15) is 27.3 Å². The van der Waals surface area contributed by atoms with E-state index < -0.39 is 0 Å². The van der Waals surface area contributed by atoms with Crippen LogP contribution in [0.25, 0.3) is 11.3 Å². The summed E-state index contributed by atoms with van der Waals surface area (Å²) in [6.45, 7) is 0. The van der Waals surface area contributed by atoms with Crippen molar-refractivity contribution in [1.29, 1.82) is 0 Å². The van der Waals surface area contributed by atoms with Crippen molar-refractivity contribution >= 4 is 39.6 Å². The number of furan rings is 1. The van der Waals surface area contributed by atoms with Gasteiger partial charge in [0.15, 0.2) is 17.8 Å².